The van der Waals surface area contributed by atoms with Crippen LogP contribution in [0.4, 0.5) is 5.69 Å². The lowest BCUT2D eigenvalue weighted by atomic mass is 9.95. The van der Waals surface area contributed by atoms with Crippen LogP contribution >= 0.6 is 35.6 Å². The van der Waals surface area contributed by atoms with Crippen molar-refractivity contribution in [2.75, 3.05) is 13.1 Å². The summed E-state index contributed by atoms with van der Waals surface area (Å²) in [6, 6.07) is 4.03. The Bertz CT molecular complexity index is 835. The van der Waals surface area contributed by atoms with Crippen LogP contribution in [0.25, 0.3) is 5.69 Å². The molecule has 0 radical (unpaired) electrons. The van der Waals surface area contributed by atoms with Crippen molar-refractivity contribution in [1.82, 2.24) is 20.4 Å². The van der Waals surface area contributed by atoms with Crippen LogP contribution in [0.15, 0.2) is 24.4 Å². The number of halogens is 3. The first-order valence-electron chi connectivity index (χ1n) is 8.08. The number of benzene rings is 1. The van der Waals surface area contributed by atoms with Gasteiger partial charge in [0.2, 0.25) is 0 Å². The Kier molecular flexibility index (Phi) is 7.05. The van der Waals surface area contributed by atoms with Crippen molar-refractivity contribution in [2.45, 2.75) is 19.4 Å². The number of non-ortho nitro benzene ring substituents is 1. The maximum absolute atomic E-state index is 12.5. The highest BCUT2D eigenvalue weighted by atomic mass is 35.5. The van der Waals surface area contributed by atoms with Crippen molar-refractivity contribution >= 4 is 47.2 Å². The third kappa shape index (κ3) is 4.70. The summed E-state index contributed by atoms with van der Waals surface area (Å²) in [5.74, 6) is 0.0463. The van der Waals surface area contributed by atoms with Gasteiger partial charge in [0.15, 0.2) is 5.69 Å². The van der Waals surface area contributed by atoms with E-state index in [1.807, 2.05) is 0 Å². The average Bonchev–Trinajstić information content (AvgIpc) is 3.06. The molecule has 3 rings (SSSR count). The van der Waals surface area contributed by atoms with Crippen LogP contribution in [0.3, 0.4) is 0 Å². The fraction of sp³-hybridized carbons (Fsp3) is 0.375. The number of piperidine rings is 1. The highest BCUT2D eigenvalue weighted by molar-refractivity contribution is 6.38. The zero-order valence-electron chi connectivity index (χ0n) is 14.3. The summed E-state index contributed by atoms with van der Waals surface area (Å²) in [6.07, 6.45) is 2.40. The number of carbonyl (C=O) groups excluding carboxylic acids is 1. The molecular formula is C16H18Cl3N5O3. The number of nitrogens with one attached hydrogen (secondary N) is 2. The molecule has 11 heteroatoms. The minimum atomic E-state index is -0.580. The number of aromatic nitrogens is 2. The van der Waals surface area contributed by atoms with Gasteiger partial charge in [-0.1, -0.05) is 30.1 Å². The monoisotopic (exact) mass is 433 g/mol. The summed E-state index contributed by atoms with van der Waals surface area (Å²) in [6.45, 7) is 3.79. The maximum Gasteiger partial charge on any atom is 0.272 e. The molecule has 146 valence electrons. The first-order valence-corrected chi connectivity index (χ1v) is 8.83. The highest BCUT2D eigenvalue weighted by Crippen LogP contribution is 2.32. The fourth-order valence-corrected chi connectivity index (χ4v) is 3.57. The van der Waals surface area contributed by atoms with Gasteiger partial charge < -0.3 is 10.6 Å². The van der Waals surface area contributed by atoms with Gasteiger partial charge in [0, 0.05) is 24.4 Å². The molecule has 1 aliphatic heterocycles. The Labute approximate surface area is 171 Å². The van der Waals surface area contributed by atoms with E-state index in [9.17, 15) is 14.9 Å². The van der Waals surface area contributed by atoms with E-state index in [2.05, 4.69) is 22.7 Å². The summed E-state index contributed by atoms with van der Waals surface area (Å²) in [5.41, 5.74) is 0.295. The number of nitrogens with zero attached hydrogens (tertiary/aromatic N) is 3. The van der Waals surface area contributed by atoms with Gasteiger partial charge in [0.1, 0.15) is 5.69 Å². The quantitative estimate of drug-likeness (QED) is 0.568. The smallest absolute Gasteiger partial charge is 0.272 e. The van der Waals surface area contributed by atoms with Gasteiger partial charge in [0.05, 0.1) is 15.0 Å². The molecule has 2 aromatic rings. The summed E-state index contributed by atoms with van der Waals surface area (Å²) in [4.78, 5) is 22.7. The normalized spacial score (nSPS) is 19.2. The van der Waals surface area contributed by atoms with Crippen LogP contribution in [0, 0.1) is 16.0 Å². The number of carbonyl (C=O) groups is 1. The second kappa shape index (κ2) is 8.88. The number of hydrogen-bond acceptors (Lipinski definition) is 5. The molecular weight excluding hydrogens is 417 g/mol. The van der Waals surface area contributed by atoms with Crippen molar-refractivity contribution in [3.05, 3.63) is 50.2 Å². The zero-order valence-corrected chi connectivity index (χ0v) is 16.6. The van der Waals surface area contributed by atoms with Crippen molar-refractivity contribution in [3.63, 3.8) is 0 Å². The zero-order chi connectivity index (χ0) is 18.8. The van der Waals surface area contributed by atoms with Crippen LogP contribution in [0.2, 0.25) is 10.0 Å². The van der Waals surface area contributed by atoms with Crippen LogP contribution in [-0.2, 0) is 0 Å². The van der Waals surface area contributed by atoms with Gasteiger partial charge in [-0.25, -0.2) is 4.68 Å². The highest BCUT2D eigenvalue weighted by Gasteiger charge is 2.24. The Hall–Kier alpha value is -1.87. The lowest BCUT2D eigenvalue weighted by Crippen LogP contribution is -2.48. The van der Waals surface area contributed by atoms with E-state index in [0.29, 0.717) is 5.92 Å². The Morgan fingerprint density at radius 2 is 2.07 bits per heavy atom. The summed E-state index contributed by atoms with van der Waals surface area (Å²) in [7, 11) is 0. The lowest BCUT2D eigenvalue weighted by Gasteiger charge is -2.29. The number of amides is 1. The molecule has 2 unspecified atom stereocenters. The van der Waals surface area contributed by atoms with Gasteiger partial charge in [0.25, 0.3) is 11.6 Å². The molecule has 1 aromatic carbocycles. The predicted molar refractivity (Wildman–Crippen MR) is 105 cm³/mol. The standard InChI is InChI=1S/C16H17Cl2N5O3.ClH/c1-9-8-19-4-2-13(9)20-16(24)14-3-5-22(21-14)15-11(17)6-10(23(25)26)7-12(15)18;/h3,5-7,9,13,19H,2,4,8H2,1H3,(H,20,24);1H. The Balaban J connectivity index is 0.00000261. The largest absolute Gasteiger partial charge is 0.348 e. The fourth-order valence-electron chi connectivity index (χ4n) is 2.92. The van der Waals surface area contributed by atoms with Gasteiger partial charge in [-0.2, -0.15) is 5.10 Å². The third-order valence-corrected chi connectivity index (χ3v) is 4.94. The van der Waals surface area contributed by atoms with Crippen LogP contribution in [0.5, 0.6) is 0 Å². The molecule has 0 saturated carbocycles. The maximum atomic E-state index is 12.5. The molecule has 1 aromatic heterocycles. The summed E-state index contributed by atoms with van der Waals surface area (Å²) < 4.78 is 1.34. The van der Waals surface area contributed by atoms with Gasteiger partial charge in [-0.3, -0.25) is 14.9 Å². The third-order valence-electron chi connectivity index (χ3n) is 4.37. The molecule has 1 aliphatic rings. The van der Waals surface area contributed by atoms with Crippen molar-refractivity contribution in [2.24, 2.45) is 5.92 Å². The molecule has 27 heavy (non-hydrogen) atoms. The van der Waals surface area contributed by atoms with Crippen LogP contribution < -0.4 is 10.6 Å². The van der Waals surface area contributed by atoms with E-state index in [4.69, 9.17) is 23.2 Å². The molecule has 0 aliphatic carbocycles. The minimum absolute atomic E-state index is 0. The number of rotatable bonds is 4. The van der Waals surface area contributed by atoms with E-state index < -0.39 is 4.92 Å². The van der Waals surface area contributed by atoms with Crippen molar-refractivity contribution in [1.29, 1.82) is 0 Å². The molecule has 2 N–H and O–H groups in total. The molecule has 1 amide bonds. The second-order valence-electron chi connectivity index (χ2n) is 6.21. The Morgan fingerprint density at radius 3 is 2.67 bits per heavy atom. The molecule has 2 atom stereocenters. The van der Waals surface area contributed by atoms with E-state index in [1.165, 1.54) is 16.8 Å². The molecule has 2 heterocycles. The van der Waals surface area contributed by atoms with E-state index in [1.54, 1.807) is 12.3 Å². The summed E-state index contributed by atoms with van der Waals surface area (Å²) in [5, 5.41) is 21.5. The predicted octanol–water partition coefficient (Wildman–Crippen LogP) is 3.24. The van der Waals surface area contributed by atoms with E-state index in [-0.39, 0.29) is 51.5 Å². The van der Waals surface area contributed by atoms with Crippen LogP contribution in [0.1, 0.15) is 23.8 Å². The Morgan fingerprint density at radius 1 is 1.41 bits per heavy atom. The lowest BCUT2D eigenvalue weighted by molar-refractivity contribution is -0.384. The average molecular weight is 435 g/mol. The number of hydrogen-bond donors (Lipinski definition) is 2. The summed E-state index contributed by atoms with van der Waals surface area (Å²) >= 11 is 12.2. The molecule has 1 saturated heterocycles. The van der Waals surface area contributed by atoms with E-state index in [0.717, 1.165) is 19.5 Å². The molecule has 8 nitrogen and oxygen atoms in total. The van der Waals surface area contributed by atoms with Gasteiger partial charge >= 0.3 is 0 Å². The molecule has 0 spiro atoms. The first kappa shape index (κ1) is 21.4. The number of nitro benzene ring substituents is 1. The topological polar surface area (TPSA) is 102 Å². The van der Waals surface area contributed by atoms with Gasteiger partial charge in [-0.15, -0.1) is 12.4 Å². The van der Waals surface area contributed by atoms with Crippen molar-refractivity contribution < 1.29 is 9.72 Å². The minimum Gasteiger partial charge on any atom is -0.348 e. The molecule has 1 fully saturated rings. The van der Waals surface area contributed by atoms with Crippen LogP contribution in [-0.4, -0.2) is 39.7 Å². The van der Waals surface area contributed by atoms with Crippen molar-refractivity contribution in [3.8, 4) is 5.69 Å². The molecule has 0 bridgehead atoms. The van der Waals surface area contributed by atoms with Gasteiger partial charge in [-0.05, 0) is 31.5 Å². The number of nitro groups is 1. The second-order valence-corrected chi connectivity index (χ2v) is 7.03. The SMILES string of the molecule is CC1CNCCC1NC(=O)c1ccn(-c2c(Cl)cc([N+](=O)[O-])cc2Cl)n1.Cl. The first-order chi connectivity index (χ1) is 12.4. The van der Waals surface area contributed by atoms with E-state index >= 15 is 0 Å².